The predicted octanol–water partition coefficient (Wildman–Crippen LogP) is 6.84. The minimum atomic E-state index is -0.939. The summed E-state index contributed by atoms with van der Waals surface area (Å²) in [6.07, 6.45) is 0.846. The van der Waals surface area contributed by atoms with Gasteiger partial charge >= 0.3 is 12.1 Å². The number of amides is 1. The summed E-state index contributed by atoms with van der Waals surface area (Å²) in [5.41, 5.74) is 5.31. The second-order valence-electron chi connectivity index (χ2n) is 10.9. The Hall–Kier alpha value is -3.35. The van der Waals surface area contributed by atoms with Crippen LogP contribution in [0, 0.1) is 6.92 Å². The van der Waals surface area contributed by atoms with E-state index in [0.717, 1.165) is 29.5 Å². The minimum absolute atomic E-state index is 0.103. The molecule has 2 atom stereocenters. The molecule has 3 aromatic rings. The Morgan fingerprint density at radius 3 is 2.32 bits per heavy atom. The third-order valence-electron chi connectivity index (χ3n) is 6.89. The Morgan fingerprint density at radius 2 is 1.68 bits per heavy atom. The number of carbonyl (C=O) groups is 2. The Kier molecular flexibility index (Phi) is 8.14. The van der Waals surface area contributed by atoms with Crippen LogP contribution in [0.5, 0.6) is 0 Å². The third-order valence-corrected chi connectivity index (χ3v) is 7.14. The number of fused-ring (bicyclic) bond motifs is 1. The Morgan fingerprint density at radius 1 is 1.03 bits per heavy atom. The Balaban J connectivity index is 1.60. The second kappa shape index (κ2) is 11.2. The van der Waals surface area contributed by atoms with E-state index in [9.17, 15) is 19.8 Å². The summed E-state index contributed by atoms with van der Waals surface area (Å²) in [6.45, 7) is 7.40. The maximum absolute atomic E-state index is 13.3. The van der Waals surface area contributed by atoms with Crippen molar-refractivity contribution in [2.75, 3.05) is 6.54 Å². The number of aryl methyl sites for hydroxylation is 2. The average molecular weight is 536 g/mol. The lowest BCUT2D eigenvalue weighted by Crippen LogP contribution is -2.47. The van der Waals surface area contributed by atoms with Crippen LogP contribution in [0.25, 0.3) is 11.1 Å². The first kappa shape index (κ1) is 27.7. The van der Waals surface area contributed by atoms with Crippen molar-refractivity contribution in [1.82, 2.24) is 4.90 Å². The first-order valence-electron chi connectivity index (χ1n) is 12.8. The van der Waals surface area contributed by atoms with Crippen molar-refractivity contribution in [1.29, 1.82) is 0 Å². The van der Waals surface area contributed by atoms with E-state index in [2.05, 4.69) is 18.2 Å². The molecular formula is C31H34ClNO5. The highest BCUT2D eigenvalue weighted by molar-refractivity contribution is 6.30. The largest absolute Gasteiger partial charge is 0.478 e. The van der Waals surface area contributed by atoms with Crippen LogP contribution < -0.4 is 0 Å². The van der Waals surface area contributed by atoms with Gasteiger partial charge in [-0.3, -0.25) is 0 Å². The molecular weight excluding hydrogens is 502 g/mol. The molecule has 0 aliphatic heterocycles. The van der Waals surface area contributed by atoms with Gasteiger partial charge in [0.25, 0.3) is 0 Å². The number of aliphatic hydroxyl groups is 1. The van der Waals surface area contributed by atoms with Crippen LogP contribution >= 0.6 is 11.6 Å². The van der Waals surface area contributed by atoms with Gasteiger partial charge in [-0.25, -0.2) is 9.59 Å². The number of halogens is 1. The van der Waals surface area contributed by atoms with Crippen LogP contribution in [0.1, 0.15) is 65.9 Å². The SMILES string of the molecule is Cc1cc(-c2ccc3c(c2)CC(N(CC(O)c2ccc(Cl)cc2)C(=O)OC(C)(C)C)CC3)ccc1C(=O)O. The number of hydrogen-bond donors (Lipinski definition) is 2. The summed E-state index contributed by atoms with van der Waals surface area (Å²) < 4.78 is 5.74. The molecule has 1 aliphatic rings. The molecule has 1 amide bonds. The molecule has 2 unspecified atom stereocenters. The van der Waals surface area contributed by atoms with Crippen molar-refractivity contribution in [2.24, 2.45) is 0 Å². The van der Waals surface area contributed by atoms with Crippen molar-refractivity contribution < 1.29 is 24.5 Å². The zero-order valence-corrected chi connectivity index (χ0v) is 23.0. The molecule has 4 rings (SSSR count). The molecule has 1 aliphatic carbocycles. The van der Waals surface area contributed by atoms with Gasteiger partial charge < -0.3 is 19.8 Å². The number of hydrogen-bond acceptors (Lipinski definition) is 4. The fourth-order valence-electron chi connectivity index (χ4n) is 4.94. The highest BCUT2D eigenvalue weighted by Gasteiger charge is 2.33. The van der Waals surface area contributed by atoms with Gasteiger partial charge in [0.1, 0.15) is 5.60 Å². The van der Waals surface area contributed by atoms with Gasteiger partial charge in [0, 0.05) is 11.1 Å². The topological polar surface area (TPSA) is 87.1 Å². The normalized spacial score (nSPS) is 15.9. The van der Waals surface area contributed by atoms with Crippen LogP contribution in [-0.2, 0) is 17.6 Å². The molecule has 38 heavy (non-hydrogen) atoms. The third kappa shape index (κ3) is 6.55. The van der Waals surface area contributed by atoms with Gasteiger partial charge in [-0.15, -0.1) is 0 Å². The lowest BCUT2D eigenvalue weighted by Gasteiger charge is -2.37. The number of aromatic carboxylic acids is 1. The lowest BCUT2D eigenvalue weighted by atomic mass is 9.85. The number of carbonyl (C=O) groups excluding carboxylic acids is 1. The van der Waals surface area contributed by atoms with Crippen molar-refractivity contribution >= 4 is 23.7 Å². The van der Waals surface area contributed by atoms with E-state index in [1.807, 2.05) is 32.9 Å². The zero-order valence-electron chi connectivity index (χ0n) is 22.2. The molecule has 200 valence electrons. The van der Waals surface area contributed by atoms with Crippen molar-refractivity contribution in [3.63, 3.8) is 0 Å². The minimum Gasteiger partial charge on any atom is -0.478 e. The Labute approximate surface area is 228 Å². The summed E-state index contributed by atoms with van der Waals surface area (Å²) in [4.78, 5) is 26.4. The monoisotopic (exact) mass is 535 g/mol. The molecule has 0 spiro atoms. The Bertz CT molecular complexity index is 1330. The highest BCUT2D eigenvalue weighted by atomic mass is 35.5. The van der Waals surface area contributed by atoms with Crippen LogP contribution in [0.3, 0.4) is 0 Å². The molecule has 0 saturated carbocycles. The summed E-state index contributed by atoms with van der Waals surface area (Å²) in [5.74, 6) is -0.939. The van der Waals surface area contributed by atoms with Gasteiger partial charge in [-0.05, 0) is 98.5 Å². The molecule has 7 heteroatoms. The maximum atomic E-state index is 13.3. The molecule has 0 saturated heterocycles. The molecule has 0 radical (unpaired) electrons. The molecule has 2 N–H and O–H groups in total. The fourth-order valence-corrected chi connectivity index (χ4v) is 5.06. The summed E-state index contributed by atoms with van der Waals surface area (Å²) in [5, 5.41) is 20.9. The van der Waals surface area contributed by atoms with E-state index in [-0.39, 0.29) is 12.6 Å². The number of carboxylic acids is 1. The number of carboxylic acid groups (broad SMARTS) is 1. The van der Waals surface area contributed by atoms with Crippen LogP contribution in [0.15, 0.2) is 60.7 Å². The van der Waals surface area contributed by atoms with E-state index in [1.165, 1.54) is 5.56 Å². The smallest absolute Gasteiger partial charge is 0.410 e. The number of nitrogens with zero attached hydrogens (tertiary/aromatic N) is 1. The van der Waals surface area contributed by atoms with Crippen LogP contribution in [0.2, 0.25) is 5.02 Å². The number of benzene rings is 3. The predicted molar refractivity (Wildman–Crippen MR) is 149 cm³/mol. The second-order valence-corrected chi connectivity index (χ2v) is 11.4. The molecule has 0 bridgehead atoms. The fraction of sp³-hybridized carbons (Fsp3) is 0.355. The first-order valence-corrected chi connectivity index (χ1v) is 13.2. The van der Waals surface area contributed by atoms with Crippen LogP contribution in [-0.4, -0.2) is 45.4 Å². The number of ether oxygens (including phenoxy) is 1. The van der Waals surface area contributed by atoms with Gasteiger partial charge in [0.2, 0.25) is 0 Å². The van der Waals surface area contributed by atoms with Crippen LogP contribution in [0.4, 0.5) is 4.79 Å². The molecule has 6 nitrogen and oxygen atoms in total. The van der Waals surface area contributed by atoms with E-state index in [4.69, 9.17) is 16.3 Å². The molecule has 0 aromatic heterocycles. The van der Waals surface area contributed by atoms with Gasteiger partial charge in [-0.2, -0.15) is 0 Å². The van der Waals surface area contributed by atoms with E-state index >= 15 is 0 Å². The zero-order chi connectivity index (χ0) is 27.6. The quantitative estimate of drug-likeness (QED) is 0.361. The van der Waals surface area contributed by atoms with Crippen molar-refractivity contribution in [3.05, 3.63) is 93.5 Å². The number of aliphatic hydroxyl groups excluding tert-OH is 1. The standard InChI is InChI=1S/C31H34ClNO5/c1-19-15-22(10-14-27(19)29(35)36)23-6-5-20-9-13-26(17-24(20)16-23)33(30(37)38-31(2,3)4)18-28(34)21-7-11-25(32)12-8-21/h5-8,10-12,14-16,26,28,34H,9,13,17-18H2,1-4H3,(H,35,36). The average Bonchev–Trinajstić information content (AvgIpc) is 2.85. The van der Waals surface area contributed by atoms with Crippen molar-refractivity contribution in [3.8, 4) is 11.1 Å². The summed E-state index contributed by atoms with van der Waals surface area (Å²) >= 11 is 6.01. The van der Waals surface area contributed by atoms with E-state index < -0.39 is 23.8 Å². The molecule has 3 aromatic carbocycles. The molecule has 0 fully saturated rings. The summed E-state index contributed by atoms with van der Waals surface area (Å²) in [7, 11) is 0. The van der Waals surface area contributed by atoms with Gasteiger partial charge in [0.05, 0.1) is 18.2 Å². The highest BCUT2D eigenvalue weighted by Crippen LogP contribution is 2.32. The first-order chi connectivity index (χ1) is 17.9. The van der Waals surface area contributed by atoms with Crippen molar-refractivity contribution in [2.45, 2.75) is 64.7 Å². The van der Waals surface area contributed by atoms with Gasteiger partial charge in [0.15, 0.2) is 0 Å². The lowest BCUT2D eigenvalue weighted by molar-refractivity contribution is 0.00194. The van der Waals surface area contributed by atoms with E-state index in [1.54, 1.807) is 42.2 Å². The van der Waals surface area contributed by atoms with Gasteiger partial charge in [-0.1, -0.05) is 54.1 Å². The molecule has 0 heterocycles. The maximum Gasteiger partial charge on any atom is 0.410 e. The van der Waals surface area contributed by atoms with E-state index in [0.29, 0.717) is 28.1 Å². The summed E-state index contributed by atoms with van der Waals surface area (Å²) in [6, 6.07) is 18.5. The number of rotatable bonds is 6.